The van der Waals surface area contributed by atoms with E-state index < -0.39 is 0 Å². The minimum Gasteiger partial charge on any atom is -0.497 e. The van der Waals surface area contributed by atoms with Gasteiger partial charge in [-0.1, -0.05) is 12.1 Å². The summed E-state index contributed by atoms with van der Waals surface area (Å²) in [6.45, 7) is 1.60. The van der Waals surface area contributed by atoms with Crippen LogP contribution >= 0.6 is 12.2 Å². The predicted octanol–water partition coefficient (Wildman–Crippen LogP) is 2.47. The molecule has 27 heavy (non-hydrogen) atoms. The van der Waals surface area contributed by atoms with Crippen LogP contribution in [0, 0.1) is 0 Å². The first kappa shape index (κ1) is 18.8. The van der Waals surface area contributed by atoms with Crippen molar-refractivity contribution in [3.05, 3.63) is 47.5 Å². The third kappa shape index (κ3) is 5.01. The molecule has 0 amide bonds. The van der Waals surface area contributed by atoms with Crippen LogP contribution in [0.3, 0.4) is 0 Å². The van der Waals surface area contributed by atoms with Gasteiger partial charge in [-0.05, 0) is 42.0 Å². The first-order valence-electron chi connectivity index (χ1n) is 8.37. The summed E-state index contributed by atoms with van der Waals surface area (Å²) < 4.78 is 21.7. The summed E-state index contributed by atoms with van der Waals surface area (Å²) >= 11 is 5.23. The van der Waals surface area contributed by atoms with Crippen molar-refractivity contribution in [2.24, 2.45) is 5.10 Å². The van der Waals surface area contributed by atoms with E-state index in [1.807, 2.05) is 36.4 Å². The fourth-order valence-corrected chi connectivity index (χ4v) is 2.62. The number of methoxy groups -OCH3 is 2. The molecule has 0 aliphatic carbocycles. The zero-order valence-electron chi connectivity index (χ0n) is 15.2. The topological polar surface area (TPSA) is 73.3 Å². The Morgan fingerprint density at radius 1 is 1.15 bits per heavy atom. The second-order valence-electron chi connectivity index (χ2n) is 5.65. The molecule has 8 heteroatoms. The number of hydrazone groups is 1. The molecule has 0 atom stereocenters. The fraction of sp³-hybridized carbons (Fsp3) is 0.263. The highest BCUT2D eigenvalue weighted by molar-refractivity contribution is 7.80. The maximum Gasteiger partial charge on any atom is 0.203 e. The lowest BCUT2D eigenvalue weighted by atomic mass is 10.2. The molecule has 2 N–H and O–H groups in total. The zero-order chi connectivity index (χ0) is 19.1. The summed E-state index contributed by atoms with van der Waals surface area (Å²) in [6.07, 6.45) is 1.64. The molecule has 7 nitrogen and oxygen atoms in total. The lowest BCUT2D eigenvalue weighted by Gasteiger charge is -2.20. The van der Waals surface area contributed by atoms with E-state index in [0.717, 1.165) is 16.9 Å². The molecule has 1 heterocycles. The monoisotopic (exact) mass is 387 g/mol. The molecule has 142 valence electrons. The Hall–Kier alpha value is -3.00. The molecule has 2 aromatic rings. The van der Waals surface area contributed by atoms with Crippen LogP contribution in [0.15, 0.2) is 41.5 Å². The van der Waals surface area contributed by atoms with Gasteiger partial charge in [0.05, 0.1) is 20.4 Å². The Morgan fingerprint density at radius 2 is 1.93 bits per heavy atom. The lowest BCUT2D eigenvalue weighted by molar-refractivity contribution is 0.165. The predicted molar refractivity (Wildman–Crippen MR) is 107 cm³/mol. The molecule has 0 radical (unpaired) electrons. The van der Waals surface area contributed by atoms with Crippen molar-refractivity contribution in [3.63, 3.8) is 0 Å². The molecule has 2 aromatic carbocycles. The molecular formula is C19H21N3O4S. The molecule has 0 spiro atoms. The summed E-state index contributed by atoms with van der Waals surface area (Å²) in [5.74, 6) is 2.68. The van der Waals surface area contributed by atoms with E-state index in [1.54, 1.807) is 20.4 Å². The molecule has 0 fully saturated rings. The minimum atomic E-state index is 0.423. The number of hydrogen-bond acceptors (Lipinski definition) is 6. The molecule has 0 saturated carbocycles. The van der Waals surface area contributed by atoms with Crippen LogP contribution in [-0.4, -0.2) is 38.8 Å². The quantitative estimate of drug-likeness (QED) is 0.448. The average molecular weight is 387 g/mol. The number of fused-ring (bicyclic) bond motifs is 1. The van der Waals surface area contributed by atoms with Gasteiger partial charge in [0.15, 0.2) is 16.6 Å². The number of hydrogen-bond donors (Lipinski definition) is 2. The first-order chi connectivity index (χ1) is 13.2. The molecule has 0 aromatic heterocycles. The van der Waals surface area contributed by atoms with Gasteiger partial charge in [-0.25, -0.2) is 0 Å². The zero-order valence-corrected chi connectivity index (χ0v) is 16.0. The first-order valence-corrected chi connectivity index (χ1v) is 8.78. The molecule has 1 aliphatic rings. The van der Waals surface area contributed by atoms with Gasteiger partial charge in [0.25, 0.3) is 0 Å². The third-order valence-electron chi connectivity index (χ3n) is 3.84. The van der Waals surface area contributed by atoms with Gasteiger partial charge in [0.2, 0.25) is 5.75 Å². The molecule has 3 rings (SSSR count). The van der Waals surface area contributed by atoms with E-state index >= 15 is 0 Å². The van der Waals surface area contributed by atoms with Crippen LogP contribution in [0.2, 0.25) is 0 Å². The van der Waals surface area contributed by atoms with E-state index in [1.165, 1.54) is 0 Å². The van der Waals surface area contributed by atoms with Gasteiger partial charge in [-0.3, -0.25) is 5.43 Å². The van der Waals surface area contributed by atoms with Crippen LogP contribution in [0.25, 0.3) is 0 Å². The Bertz CT molecular complexity index is 807. The molecule has 0 bridgehead atoms. The van der Waals surface area contributed by atoms with Crippen LogP contribution in [0.4, 0.5) is 0 Å². The SMILES string of the molecule is COc1ccc(CNC(=S)N/N=C\c2cc(OC)c3c(c2)OCCO3)cc1. The van der Waals surface area contributed by atoms with Crippen LogP contribution in [-0.2, 0) is 6.54 Å². The van der Waals surface area contributed by atoms with Crippen LogP contribution in [0.5, 0.6) is 23.0 Å². The summed E-state index contributed by atoms with van der Waals surface area (Å²) in [5, 5.41) is 7.67. The van der Waals surface area contributed by atoms with Crippen molar-refractivity contribution in [3.8, 4) is 23.0 Å². The van der Waals surface area contributed by atoms with E-state index in [4.69, 9.17) is 31.2 Å². The van der Waals surface area contributed by atoms with Crippen molar-refractivity contribution in [1.82, 2.24) is 10.7 Å². The standard InChI is InChI=1S/C19H21N3O4S/c1-23-15-5-3-13(4-6-15)11-20-19(27)22-21-12-14-9-16(24-2)18-17(10-14)25-7-8-26-18/h3-6,9-10,12H,7-8,11H2,1-2H3,(H2,20,22,27)/b21-12-. The Morgan fingerprint density at radius 3 is 2.67 bits per heavy atom. The maximum atomic E-state index is 5.60. The number of benzene rings is 2. The van der Waals surface area contributed by atoms with Crippen LogP contribution in [0.1, 0.15) is 11.1 Å². The highest BCUT2D eigenvalue weighted by Gasteiger charge is 2.17. The normalized spacial score (nSPS) is 12.5. The van der Waals surface area contributed by atoms with Crippen molar-refractivity contribution in [2.75, 3.05) is 27.4 Å². The number of nitrogens with one attached hydrogen (secondary N) is 2. The maximum absolute atomic E-state index is 5.60. The highest BCUT2D eigenvalue weighted by Crippen LogP contribution is 2.39. The van der Waals surface area contributed by atoms with Gasteiger partial charge in [-0.2, -0.15) is 5.10 Å². The van der Waals surface area contributed by atoms with Gasteiger partial charge in [-0.15, -0.1) is 0 Å². The summed E-state index contributed by atoms with van der Waals surface area (Å²) in [4.78, 5) is 0. The van der Waals surface area contributed by atoms with Gasteiger partial charge in [0, 0.05) is 12.1 Å². The Kier molecular flexibility index (Phi) is 6.32. The summed E-state index contributed by atoms with van der Waals surface area (Å²) in [6, 6.07) is 11.4. The minimum absolute atomic E-state index is 0.423. The van der Waals surface area contributed by atoms with Gasteiger partial charge >= 0.3 is 0 Å². The van der Waals surface area contributed by atoms with Crippen molar-refractivity contribution < 1.29 is 18.9 Å². The number of rotatable bonds is 6. The smallest absolute Gasteiger partial charge is 0.203 e. The van der Waals surface area contributed by atoms with Crippen molar-refractivity contribution in [2.45, 2.75) is 6.54 Å². The number of nitrogens with zero attached hydrogens (tertiary/aromatic N) is 1. The van der Waals surface area contributed by atoms with E-state index in [-0.39, 0.29) is 0 Å². The number of ether oxygens (including phenoxy) is 4. The molecule has 0 saturated heterocycles. The van der Waals surface area contributed by atoms with Crippen molar-refractivity contribution >= 4 is 23.5 Å². The summed E-state index contributed by atoms with van der Waals surface area (Å²) in [5.41, 5.74) is 4.68. The second kappa shape index (κ2) is 9.09. The Labute approximate surface area is 163 Å². The van der Waals surface area contributed by atoms with Gasteiger partial charge in [0.1, 0.15) is 19.0 Å². The molecular weight excluding hydrogens is 366 g/mol. The highest BCUT2D eigenvalue weighted by atomic mass is 32.1. The third-order valence-corrected chi connectivity index (χ3v) is 4.08. The molecule has 1 aliphatic heterocycles. The fourth-order valence-electron chi connectivity index (χ4n) is 2.50. The lowest BCUT2D eigenvalue weighted by Crippen LogP contribution is -2.31. The van der Waals surface area contributed by atoms with Gasteiger partial charge < -0.3 is 24.3 Å². The molecule has 0 unspecified atom stereocenters. The van der Waals surface area contributed by atoms with Crippen molar-refractivity contribution in [1.29, 1.82) is 0 Å². The van der Waals surface area contributed by atoms with E-state index in [0.29, 0.717) is 42.1 Å². The Balaban J connectivity index is 1.54. The van der Waals surface area contributed by atoms with E-state index in [9.17, 15) is 0 Å². The largest absolute Gasteiger partial charge is 0.497 e. The number of thiocarbonyl (C=S) groups is 1. The van der Waals surface area contributed by atoms with E-state index in [2.05, 4.69) is 15.8 Å². The second-order valence-corrected chi connectivity index (χ2v) is 6.06. The average Bonchev–Trinajstić information content (AvgIpc) is 2.72. The summed E-state index contributed by atoms with van der Waals surface area (Å²) in [7, 11) is 3.23. The van der Waals surface area contributed by atoms with Crippen LogP contribution < -0.4 is 29.7 Å².